The number of fused-ring (bicyclic) bond motifs is 3. The van der Waals surface area contributed by atoms with Gasteiger partial charge in [-0.1, -0.05) is 30.3 Å². The van der Waals surface area contributed by atoms with Crippen molar-refractivity contribution in [1.29, 1.82) is 0 Å². The molecule has 0 amide bonds. The molecule has 2 N–H and O–H groups in total. The van der Waals surface area contributed by atoms with Crippen LogP contribution < -0.4 is 5.73 Å². The van der Waals surface area contributed by atoms with Gasteiger partial charge in [-0.2, -0.15) is 0 Å². The third-order valence-corrected chi connectivity index (χ3v) is 3.30. The van der Waals surface area contributed by atoms with E-state index in [9.17, 15) is 0 Å². The Morgan fingerprint density at radius 3 is 2.25 bits per heavy atom. The quantitative estimate of drug-likeness (QED) is 0.494. The number of anilines is 1. The van der Waals surface area contributed by atoms with Crippen molar-refractivity contribution in [3.05, 3.63) is 78.4 Å². The summed E-state index contributed by atoms with van der Waals surface area (Å²) in [6, 6.07) is 16.5. The summed E-state index contributed by atoms with van der Waals surface area (Å²) < 4.78 is 0. The van der Waals surface area contributed by atoms with Crippen molar-refractivity contribution >= 4 is 5.69 Å². The zero-order valence-corrected chi connectivity index (χ0v) is 11.0. The van der Waals surface area contributed by atoms with Crippen LogP contribution in [-0.4, -0.2) is 9.97 Å². The van der Waals surface area contributed by atoms with Gasteiger partial charge < -0.3 is 5.73 Å². The number of benzene rings is 2. The molecule has 0 saturated heterocycles. The van der Waals surface area contributed by atoms with Crippen LogP contribution in [0.2, 0.25) is 0 Å². The second-order valence-electron chi connectivity index (χ2n) is 4.65. The minimum atomic E-state index is 0.858. The average Bonchev–Trinajstić information content (AvgIpc) is 2.87. The molecular formula is C17H15N3. The Morgan fingerprint density at radius 1 is 0.800 bits per heavy atom. The fourth-order valence-electron chi connectivity index (χ4n) is 2.42. The predicted octanol–water partition coefficient (Wildman–Crippen LogP) is 3.32. The first-order valence-electron chi connectivity index (χ1n) is 6.51. The molecule has 0 bridgehead atoms. The van der Waals surface area contributed by atoms with E-state index >= 15 is 0 Å². The number of hydrogen-bond donors (Lipinski definition) is 1. The smallest absolute Gasteiger partial charge is 0.115 e. The topological polar surface area (TPSA) is 51.8 Å². The number of nitrogens with zero attached hydrogens (tertiary/aromatic N) is 2. The van der Waals surface area contributed by atoms with Gasteiger partial charge in [0, 0.05) is 18.1 Å². The van der Waals surface area contributed by atoms with Gasteiger partial charge in [0.25, 0.3) is 0 Å². The summed E-state index contributed by atoms with van der Waals surface area (Å²) in [5.41, 5.74) is 12.1. The van der Waals surface area contributed by atoms with Crippen LogP contribution in [0.15, 0.2) is 67.3 Å². The van der Waals surface area contributed by atoms with Gasteiger partial charge in [-0.3, -0.25) is 0 Å². The lowest BCUT2D eigenvalue weighted by Gasteiger charge is -2.00. The van der Waals surface area contributed by atoms with Gasteiger partial charge in [0.15, 0.2) is 0 Å². The molecule has 0 radical (unpaired) electrons. The Balaban J connectivity index is 0.000000170. The lowest BCUT2D eigenvalue weighted by Crippen LogP contribution is -1.86. The van der Waals surface area contributed by atoms with E-state index in [1.165, 1.54) is 28.6 Å². The van der Waals surface area contributed by atoms with E-state index in [0.29, 0.717) is 0 Å². The number of aromatic nitrogens is 2. The number of nitrogens with two attached hydrogens (primary N) is 1. The van der Waals surface area contributed by atoms with Gasteiger partial charge in [-0.05, 0) is 46.9 Å². The fraction of sp³-hybridized carbons (Fsp3) is 0.0588. The van der Waals surface area contributed by atoms with E-state index < -0.39 is 0 Å². The van der Waals surface area contributed by atoms with Crippen molar-refractivity contribution in [2.75, 3.05) is 5.73 Å². The molecule has 3 nitrogen and oxygen atoms in total. The van der Waals surface area contributed by atoms with Crippen LogP contribution in [0.3, 0.4) is 0 Å². The van der Waals surface area contributed by atoms with Crippen LogP contribution in [-0.2, 0) is 6.42 Å². The Morgan fingerprint density at radius 2 is 1.55 bits per heavy atom. The molecule has 0 saturated carbocycles. The van der Waals surface area contributed by atoms with Crippen molar-refractivity contribution in [3.63, 3.8) is 0 Å². The van der Waals surface area contributed by atoms with Crippen LogP contribution in [0.4, 0.5) is 5.69 Å². The monoisotopic (exact) mass is 261 g/mol. The molecule has 0 atom stereocenters. The van der Waals surface area contributed by atoms with Crippen molar-refractivity contribution in [1.82, 2.24) is 9.97 Å². The molecule has 1 aliphatic carbocycles. The first-order valence-corrected chi connectivity index (χ1v) is 6.51. The maximum Gasteiger partial charge on any atom is 0.115 e. The molecule has 0 spiro atoms. The lowest BCUT2D eigenvalue weighted by molar-refractivity contribution is 1.17. The summed E-state index contributed by atoms with van der Waals surface area (Å²) in [6.45, 7) is 0. The Hall–Kier alpha value is -2.68. The molecule has 1 aliphatic rings. The summed E-state index contributed by atoms with van der Waals surface area (Å²) in [4.78, 5) is 7.35. The van der Waals surface area contributed by atoms with E-state index in [4.69, 9.17) is 5.73 Å². The van der Waals surface area contributed by atoms with Crippen molar-refractivity contribution < 1.29 is 0 Å². The molecule has 2 aromatic carbocycles. The summed E-state index contributed by atoms with van der Waals surface area (Å²) in [5.74, 6) is 0. The molecular weight excluding hydrogens is 246 g/mol. The molecule has 3 heteroatoms. The van der Waals surface area contributed by atoms with E-state index in [1.54, 1.807) is 18.5 Å². The van der Waals surface area contributed by atoms with Gasteiger partial charge >= 0.3 is 0 Å². The first-order chi connectivity index (χ1) is 9.84. The first kappa shape index (κ1) is 12.4. The average molecular weight is 261 g/mol. The van der Waals surface area contributed by atoms with E-state index in [0.717, 1.165) is 12.1 Å². The third-order valence-electron chi connectivity index (χ3n) is 3.30. The molecule has 20 heavy (non-hydrogen) atoms. The van der Waals surface area contributed by atoms with Crippen LogP contribution in [0, 0.1) is 0 Å². The largest absolute Gasteiger partial charge is 0.399 e. The Bertz CT molecular complexity index is 682. The fourth-order valence-corrected chi connectivity index (χ4v) is 2.42. The molecule has 1 heterocycles. The molecule has 4 rings (SSSR count). The normalized spacial score (nSPS) is 11.0. The summed E-state index contributed by atoms with van der Waals surface area (Å²) >= 11 is 0. The SMILES string of the molecule is Nc1ccc2c(c1)Cc1ccccc1-2.c1cncnc1. The summed E-state index contributed by atoms with van der Waals surface area (Å²) in [7, 11) is 0. The molecule has 0 unspecified atom stereocenters. The lowest BCUT2D eigenvalue weighted by atomic mass is 10.1. The highest BCUT2D eigenvalue weighted by Crippen LogP contribution is 2.36. The number of nitrogen functional groups attached to an aromatic ring is 1. The highest BCUT2D eigenvalue weighted by molar-refractivity contribution is 5.78. The second-order valence-corrected chi connectivity index (χ2v) is 4.65. The van der Waals surface area contributed by atoms with Crippen LogP contribution >= 0.6 is 0 Å². The summed E-state index contributed by atoms with van der Waals surface area (Å²) in [6.07, 6.45) is 5.90. The second kappa shape index (κ2) is 5.53. The zero-order chi connectivity index (χ0) is 13.8. The van der Waals surface area contributed by atoms with Crippen LogP contribution in [0.25, 0.3) is 11.1 Å². The van der Waals surface area contributed by atoms with Crippen molar-refractivity contribution in [2.45, 2.75) is 6.42 Å². The third kappa shape index (κ3) is 2.52. The Kier molecular flexibility index (Phi) is 3.42. The van der Waals surface area contributed by atoms with Gasteiger partial charge in [-0.25, -0.2) is 9.97 Å². The van der Waals surface area contributed by atoms with E-state index in [1.807, 2.05) is 6.07 Å². The zero-order valence-electron chi connectivity index (χ0n) is 11.0. The molecule has 3 aromatic rings. The highest BCUT2D eigenvalue weighted by Gasteiger charge is 2.16. The van der Waals surface area contributed by atoms with E-state index in [-0.39, 0.29) is 0 Å². The van der Waals surface area contributed by atoms with Gasteiger partial charge in [0.2, 0.25) is 0 Å². The summed E-state index contributed by atoms with van der Waals surface area (Å²) in [5, 5.41) is 0. The van der Waals surface area contributed by atoms with Crippen LogP contribution in [0.5, 0.6) is 0 Å². The highest BCUT2D eigenvalue weighted by atomic mass is 14.8. The minimum Gasteiger partial charge on any atom is -0.399 e. The number of hydrogen-bond acceptors (Lipinski definition) is 3. The van der Waals surface area contributed by atoms with E-state index in [2.05, 4.69) is 46.4 Å². The molecule has 0 fully saturated rings. The molecule has 1 aromatic heterocycles. The standard InChI is InChI=1S/C13H11N.C4H4N2/c14-11-5-6-13-10(8-11)7-9-3-1-2-4-12(9)13;1-2-5-4-6-3-1/h1-6,8H,7,14H2;1-4H. The Labute approximate surface area is 118 Å². The van der Waals surface area contributed by atoms with Gasteiger partial charge in [0.1, 0.15) is 6.33 Å². The minimum absolute atomic E-state index is 0.858. The molecule has 0 aliphatic heterocycles. The van der Waals surface area contributed by atoms with Crippen molar-refractivity contribution in [3.8, 4) is 11.1 Å². The van der Waals surface area contributed by atoms with Gasteiger partial charge in [-0.15, -0.1) is 0 Å². The van der Waals surface area contributed by atoms with Crippen LogP contribution in [0.1, 0.15) is 11.1 Å². The number of rotatable bonds is 0. The predicted molar refractivity (Wildman–Crippen MR) is 81.1 cm³/mol. The maximum atomic E-state index is 5.77. The van der Waals surface area contributed by atoms with Crippen molar-refractivity contribution in [2.24, 2.45) is 0 Å². The van der Waals surface area contributed by atoms with Gasteiger partial charge in [0.05, 0.1) is 0 Å². The molecule has 98 valence electrons. The maximum absolute atomic E-state index is 5.77.